The Labute approximate surface area is 428 Å². The van der Waals surface area contributed by atoms with E-state index in [9.17, 15) is 43.9 Å². The molecular formula is C59H63BF10N2O2. The SMILES string of the molecule is CC(C)(C)c1ccc(C2=CC(c3ccc(C4CCCCC4)cc3)=N/C2=C\c2c(-c3ccc(C(C)(C)C)cc3)cc(-c3ccc(C4CCCCC4)cc3)n2B(OCC(F)(F)C(F)(F)F)OCC(F)(F)C(F)(F)F)cc1. The zero-order chi connectivity index (χ0) is 53.4. The molecule has 0 unspecified atom stereocenters. The van der Waals surface area contributed by atoms with E-state index in [4.69, 9.17) is 14.3 Å². The molecule has 0 N–H and O–H groups in total. The Bertz CT molecular complexity index is 2790. The van der Waals surface area contributed by atoms with Crippen LogP contribution in [0, 0.1) is 0 Å². The van der Waals surface area contributed by atoms with E-state index in [2.05, 4.69) is 32.9 Å². The molecule has 1 aliphatic heterocycles. The highest BCUT2D eigenvalue weighted by Crippen LogP contribution is 2.44. The molecule has 4 nitrogen and oxygen atoms in total. The van der Waals surface area contributed by atoms with E-state index in [1.54, 1.807) is 30.3 Å². The molecule has 2 saturated carbocycles. The lowest BCUT2D eigenvalue weighted by molar-refractivity contribution is -0.295. The topological polar surface area (TPSA) is 35.8 Å². The summed E-state index contributed by atoms with van der Waals surface area (Å²) < 4.78 is 154. The smallest absolute Gasteiger partial charge is 0.385 e. The molecule has 0 atom stereocenters. The first-order valence-corrected chi connectivity index (χ1v) is 25.5. The quantitative estimate of drug-likeness (QED) is 0.0821. The number of allylic oxidation sites excluding steroid dienone is 2. The number of hydrogen-bond donors (Lipinski definition) is 0. The summed E-state index contributed by atoms with van der Waals surface area (Å²) in [6.07, 6.45) is 1.75. The zero-order valence-electron chi connectivity index (χ0n) is 42.7. The van der Waals surface area contributed by atoms with E-state index < -0.39 is 44.7 Å². The van der Waals surface area contributed by atoms with Crippen molar-refractivity contribution in [2.45, 2.75) is 153 Å². The maximum Gasteiger partial charge on any atom is 0.598 e. The second-order valence-corrected chi connectivity index (χ2v) is 22.2. The second-order valence-electron chi connectivity index (χ2n) is 22.2. The van der Waals surface area contributed by atoms with E-state index >= 15 is 0 Å². The highest BCUT2D eigenvalue weighted by molar-refractivity contribution is 6.44. The van der Waals surface area contributed by atoms with Crippen LogP contribution in [0.4, 0.5) is 43.9 Å². The number of aliphatic imine (C=N–C) groups is 1. The molecule has 15 heteroatoms. The van der Waals surface area contributed by atoms with Gasteiger partial charge in [-0.2, -0.15) is 43.9 Å². The monoisotopic (exact) mass is 1030 g/mol. The minimum atomic E-state index is -6.18. The summed E-state index contributed by atoms with van der Waals surface area (Å²) >= 11 is 0. The number of nitrogens with zero attached hydrogens (tertiary/aromatic N) is 2. The first-order valence-electron chi connectivity index (χ1n) is 25.5. The molecule has 5 aromatic rings. The van der Waals surface area contributed by atoms with Crippen LogP contribution in [-0.4, -0.2) is 54.9 Å². The zero-order valence-corrected chi connectivity index (χ0v) is 42.7. The molecule has 0 bridgehead atoms. The fraction of sp³-hybridized carbons (Fsp3) is 0.441. The van der Waals surface area contributed by atoms with Crippen molar-refractivity contribution >= 4 is 24.6 Å². The van der Waals surface area contributed by atoms with Crippen LogP contribution in [0.2, 0.25) is 0 Å². The van der Waals surface area contributed by atoms with Crippen molar-refractivity contribution in [1.82, 2.24) is 4.48 Å². The van der Waals surface area contributed by atoms with Gasteiger partial charge in [0.1, 0.15) is 13.2 Å². The summed E-state index contributed by atoms with van der Waals surface area (Å²) in [7, 11) is -2.71. The number of halogens is 10. The van der Waals surface area contributed by atoms with Crippen LogP contribution >= 0.6 is 0 Å². The summed E-state index contributed by atoms with van der Waals surface area (Å²) in [5.74, 6) is -10.5. The first kappa shape index (κ1) is 54.8. The lowest BCUT2D eigenvalue weighted by atomic mass is 9.84. The predicted octanol–water partition coefficient (Wildman–Crippen LogP) is 17.7. The molecule has 2 fully saturated rings. The van der Waals surface area contributed by atoms with Crippen molar-refractivity contribution in [2.75, 3.05) is 13.2 Å². The molecule has 0 saturated heterocycles. The van der Waals surface area contributed by atoms with Crippen LogP contribution in [0.3, 0.4) is 0 Å². The van der Waals surface area contributed by atoms with Crippen molar-refractivity contribution in [3.8, 4) is 22.4 Å². The lowest BCUT2D eigenvalue weighted by Gasteiger charge is -2.26. The van der Waals surface area contributed by atoms with Crippen LogP contribution in [0.1, 0.15) is 157 Å². The highest BCUT2D eigenvalue weighted by atomic mass is 19.4. The van der Waals surface area contributed by atoms with Crippen LogP contribution in [0.5, 0.6) is 0 Å². The molecule has 0 radical (unpaired) electrons. The van der Waals surface area contributed by atoms with Gasteiger partial charge >= 0.3 is 31.5 Å². The molecule has 0 spiro atoms. The first-order chi connectivity index (χ1) is 34.7. The van der Waals surface area contributed by atoms with Crippen LogP contribution < -0.4 is 0 Å². The van der Waals surface area contributed by atoms with Gasteiger partial charge in [0.2, 0.25) is 0 Å². The average Bonchev–Trinajstić information content (AvgIpc) is 3.95. The number of benzene rings is 4. The molecular weight excluding hydrogens is 969 g/mol. The Balaban J connectivity index is 1.39. The van der Waals surface area contributed by atoms with Gasteiger partial charge in [-0.3, -0.25) is 0 Å². The van der Waals surface area contributed by atoms with Crippen LogP contribution in [0.15, 0.2) is 120 Å². The minimum Gasteiger partial charge on any atom is -0.385 e. The van der Waals surface area contributed by atoms with E-state index in [0.717, 1.165) is 84.5 Å². The number of rotatable bonds is 14. The van der Waals surface area contributed by atoms with Crippen molar-refractivity contribution in [1.29, 1.82) is 0 Å². The fourth-order valence-electron chi connectivity index (χ4n) is 10.2. The molecule has 2 heterocycles. The van der Waals surface area contributed by atoms with Gasteiger partial charge in [-0.25, -0.2) is 4.99 Å². The van der Waals surface area contributed by atoms with Gasteiger partial charge in [0.25, 0.3) is 0 Å². The van der Waals surface area contributed by atoms with Gasteiger partial charge in [0.05, 0.1) is 11.4 Å². The van der Waals surface area contributed by atoms with Crippen molar-refractivity contribution < 1.29 is 53.2 Å². The summed E-state index contributed by atoms with van der Waals surface area (Å²) in [5, 5.41) is 0. The molecule has 74 heavy (non-hydrogen) atoms. The molecule has 394 valence electrons. The molecule has 8 rings (SSSR count). The molecule has 4 aromatic carbocycles. The summed E-state index contributed by atoms with van der Waals surface area (Å²) in [6.45, 7) is 7.29. The van der Waals surface area contributed by atoms with Crippen LogP contribution in [-0.2, 0) is 20.1 Å². The molecule has 0 amide bonds. The summed E-state index contributed by atoms with van der Waals surface area (Å²) in [4.78, 5) is 5.14. The van der Waals surface area contributed by atoms with Gasteiger partial charge in [0.15, 0.2) is 0 Å². The van der Waals surface area contributed by atoms with Crippen molar-refractivity contribution in [3.63, 3.8) is 0 Å². The third kappa shape index (κ3) is 12.3. The molecule has 2 aliphatic carbocycles. The van der Waals surface area contributed by atoms with Gasteiger partial charge in [-0.1, -0.05) is 177 Å². The van der Waals surface area contributed by atoms with Gasteiger partial charge in [0, 0.05) is 28.1 Å². The number of alkyl halides is 10. The maximum absolute atomic E-state index is 14.9. The van der Waals surface area contributed by atoms with Crippen LogP contribution in [0.25, 0.3) is 34.0 Å². The van der Waals surface area contributed by atoms with E-state index in [1.807, 2.05) is 87.5 Å². The second kappa shape index (κ2) is 21.3. The minimum absolute atomic E-state index is 0.0122. The van der Waals surface area contributed by atoms with E-state index in [-0.39, 0.29) is 33.8 Å². The van der Waals surface area contributed by atoms with Gasteiger partial charge in [-0.05, 0) is 106 Å². The Morgan fingerprint density at radius 2 is 0.932 bits per heavy atom. The normalized spacial score (nSPS) is 17.5. The third-order valence-electron chi connectivity index (χ3n) is 14.7. The number of hydrogen-bond acceptors (Lipinski definition) is 3. The maximum atomic E-state index is 14.9. The Morgan fingerprint density at radius 1 is 0.527 bits per heavy atom. The standard InChI is InChI=1S/C59H63BF10N2O2/c1-54(2,3)46-29-25-42(26-30-46)48-33-50(44-21-17-40(18-22-44)38-13-9-7-10-14-38)71-51(48)35-53-49(43-27-31-47(32-28-43)55(4,5)6)34-52(45-23-19-41(20-24-45)39-15-11-8-12-16-39)72(53)60(73-36-56(61,62)58(65,66)67)74-37-57(63,64)59(68,69)70/h17-35,38-39H,7-16,36-37H2,1-6H3/b51-35-. The highest BCUT2D eigenvalue weighted by Gasteiger charge is 2.60. The average molecular weight is 1030 g/mol. The van der Waals surface area contributed by atoms with E-state index in [0.29, 0.717) is 39.5 Å². The van der Waals surface area contributed by atoms with Gasteiger partial charge < -0.3 is 13.8 Å². The molecule has 3 aliphatic rings. The molecule has 1 aromatic heterocycles. The summed E-state index contributed by atoms with van der Waals surface area (Å²) in [5.41, 5.74) is 7.56. The third-order valence-corrected chi connectivity index (χ3v) is 14.7. The Morgan fingerprint density at radius 3 is 1.35 bits per heavy atom. The fourth-order valence-corrected chi connectivity index (χ4v) is 10.2. The summed E-state index contributed by atoms with van der Waals surface area (Å²) in [6, 6.07) is 32.0. The Kier molecular flexibility index (Phi) is 15.8. The van der Waals surface area contributed by atoms with Crippen molar-refractivity contribution in [3.05, 3.63) is 154 Å². The number of aromatic nitrogens is 1. The largest absolute Gasteiger partial charge is 0.598 e. The van der Waals surface area contributed by atoms with Crippen molar-refractivity contribution in [2.24, 2.45) is 4.99 Å². The van der Waals surface area contributed by atoms with Gasteiger partial charge in [-0.15, -0.1) is 0 Å². The van der Waals surface area contributed by atoms with E-state index in [1.165, 1.54) is 18.1 Å². The predicted molar refractivity (Wildman–Crippen MR) is 275 cm³/mol. The Hall–Kier alpha value is -5.41. The lowest BCUT2D eigenvalue weighted by Crippen LogP contribution is -2.48.